The molecule has 1 N–H and O–H groups in total. The van der Waals surface area contributed by atoms with Gasteiger partial charge in [-0.1, -0.05) is 60.7 Å². The first-order valence-corrected chi connectivity index (χ1v) is 11.1. The van der Waals surface area contributed by atoms with Gasteiger partial charge in [0, 0.05) is 11.3 Å². The fraction of sp³-hybridized carbons (Fsp3) is 0.214. The van der Waals surface area contributed by atoms with Crippen LogP contribution in [0.25, 0.3) is 10.9 Å². The Morgan fingerprint density at radius 2 is 1.85 bits per heavy atom. The Morgan fingerprint density at radius 1 is 1.09 bits per heavy atom. The quantitative estimate of drug-likeness (QED) is 0.319. The number of aryl methyl sites for hydroxylation is 1. The summed E-state index contributed by atoms with van der Waals surface area (Å²) in [6, 6.07) is 22.3. The van der Waals surface area contributed by atoms with E-state index in [0.29, 0.717) is 6.61 Å². The highest BCUT2D eigenvalue weighted by Gasteiger charge is 2.13. The van der Waals surface area contributed by atoms with Crippen molar-refractivity contribution in [2.24, 2.45) is 0 Å². The van der Waals surface area contributed by atoms with Crippen molar-refractivity contribution in [1.82, 2.24) is 9.78 Å². The molecule has 0 saturated heterocycles. The van der Waals surface area contributed by atoms with Gasteiger partial charge in [0.25, 0.3) is 0 Å². The molecule has 0 aliphatic heterocycles. The van der Waals surface area contributed by atoms with E-state index in [9.17, 15) is 4.79 Å². The summed E-state index contributed by atoms with van der Waals surface area (Å²) in [4.78, 5) is 11.1. The zero-order valence-corrected chi connectivity index (χ0v) is 18.9. The topological polar surface area (TPSA) is 64.3 Å². The first kappa shape index (κ1) is 22.3. The molecule has 0 amide bonds. The van der Waals surface area contributed by atoms with Crippen molar-refractivity contribution in [2.45, 2.75) is 39.3 Å². The molecule has 168 valence electrons. The third-order valence-corrected chi connectivity index (χ3v) is 5.69. The van der Waals surface area contributed by atoms with Gasteiger partial charge in [-0.05, 0) is 54.3 Å². The molecular formula is C28H28N2O3. The second-order valence-electron chi connectivity index (χ2n) is 8.23. The first-order valence-electron chi connectivity index (χ1n) is 11.1. The first-order chi connectivity index (χ1) is 16.0. The Bertz CT molecular complexity index is 1260. The molecule has 0 radical (unpaired) electrons. The van der Waals surface area contributed by atoms with Crippen LogP contribution in [0.15, 0.2) is 85.1 Å². The molecule has 33 heavy (non-hydrogen) atoms. The summed E-state index contributed by atoms with van der Waals surface area (Å²) in [6.07, 6.45) is 5.79. The summed E-state index contributed by atoms with van der Waals surface area (Å²) in [6.45, 7) is 5.20. The molecule has 0 aliphatic rings. The molecule has 1 heterocycles. The van der Waals surface area contributed by atoms with Crippen LogP contribution in [0.4, 0.5) is 0 Å². The highest BCUT2D eigenvalue weighted by atomic mass is 16.5. The third kappa shape index (κ3) is 5.50. The molecule has 5 heteroatoms. The SMILES string of the molecule is CC=C[C@H](CC(=O)O)c1ccc(OCc2cc(C)c3c(cnn3Cc3ccccc3)c2)cc1. The van der Waals surface area contributed by atoms with Crippen molar-refractivity contribution >= 4 is 16.9 Å². The number of benzene rings is 3. The smallest absolute Gasteiger partial charge is 0.304 e. The summed E-state index contributed by atoms with van der Waals surface area (Å²) in [5.41, 5.74) is 5.57. The van der Waals surface area contributed by atoms with E-state index < -0.39 is 5.97 Å². The van der Waals surface area contributed by atoms with E-state index in [0.717, 1.165) is 39.9 Å². The number of allylic oxidation sites excluding steroid dienone is 2. The number of fused-ring (bicyclic) bond motifs is 1. The minimum Gasteiger partial charge on any atom is -0.489 e. The van der Waals surface area contributed by atoms with Gasteiger partial charge in [0.05, 0.1) is 24.7 Å². The van der Waals surface area contributed by atoms with Crippen LogP contribution in [0.5, 0.6) is 5.75 Å². The van der Waals surface area contributed by atoms with Gasteiger partial charge in [-0.3, -0.25) is 9.48 Å². The Kier molecular flexibility index (Phi) is 6.89. The molecule has 0 saturated carbocycles. The normalized spacial score (nSPS) is 12.3. The molecule has 4 aromatic rings. The van der Waals surface area contributed by atoms with Crippen LogP contribution in [0.3, 0.4) is 0 Å². The second-order valence-corrected chi connectivity index (χ2v) is 8.23. The molecule has 1 aromatic heterocycles. The van der Waals surface area contributed by atoms with E-state index in [2.05, 4.69) is 36.3 Å². The van der Waals surface area contributed by atoms with Gasteiger partial charge in [-0.2, -0.15) is 5.10 Å². The van der Waals surface area contributed by atoms with Crippen LogP contribution in [0, 0.1) is 6.92 Å². The number of aliphatic carboxylic acids is 1. The van der Waals surface area contributed by atoms with Crippen LogP contribution >= 0.6 is 0 Å². The van der Waals surface area contributed by atoms with Crippen LogP contribution in [-0.4, -0.2) is 20.9 Å². The van der Waals surface area contributed by atoms with Crippen molar-refractivity contribution in [3.8, 4) is 5.75 Å². The maximum absolute atomic E-state index is 11.1. The molecule has 1 atom stereocenters. The fourth-order valence-corrected chi connectivity index (χ4v) is 4.18. The molecule has 0 bridgehead atoms. The highest BCUT2D eigenvalue weighted by molar-refractivity contribution is 5.82. The minimum atomic E-state index is -0.809. The average molecular weight is 441 g/mol. The van der Waals surface area contributed by atoms with Crippen LogP contribution in [-0.2, 0) is 17.9 Å². The summed E-state index contributed by atoms with van der Waals surface area (Å²) >= 11 is 0. The van der Waals surface area contributed by atoms with Gasteiger partial charge in [-0.25, -0.2) is 0 Å². The molecule has 0 aliphatic carbocycles. The fourth-order valence-electron chi connectivity index (χ4n) is 4.18. The van der Waals surface area contributed by atoms with Gasteiger partial charge in [0.1, 0.15) is 12.4 Å². The second kappa shape index (κ2) is 10.2. The van der Waals surface area contributed by atoms with Gasteiger partial charge in [-0.15, -0.1) is 0 Å². The monoisotopic (exact) mass is 440 g/mol. The lowest BCUT2D eigenvalue weighted by Gasteiger charge is -2.13. The highest BCUT2D eigenvalue weighted by Crippen LogP contribution is 2.26. The van der Waals surface area contributed by atoms with Crippen LogP contribution in [0.2, 0.25) is 0 Å². The predicted molar refractivity (Wildman–Crippen MR) is 131 cm³/mol. The van der Waals surface area contributed by atoms with Gasteiger partial charge in [0.15, 0.2) is 0 Å². The maximum Gasteiger partial charge on any atom is 0.304 e. The molecular weight excluding hydrogens is 412 g/mol. The number of ether oxygens (including phenoxy) is 1. The Hall–Kier alpha value is -3.86. The lowest BCUT2D eigenvalue weighted by atomic mass is 9.95. The van der Waals surface area contributed by atoms with E-state index in [1.54, 1.807) is 0 Å². The zero-order chi connectivity index (χ0) is 23.2. The van der Waals surface area contributed by atoms with Crippen molar-refractivity contribution in [2.75, 3.05) is 0 Å². The lowest BCUT2D eigenvalue weighted by molar-refractivity contribution is -0.137. The molecule has 0 fully saturated rings. The van der Waals surface area contributed by atoms with Crippen LogP contribution in [0.1, 0.15) is 41.5 Å². The lowest BCUT2D eigenvalue weighted by Crippen LogP contribution is -2.04. The number of rotatable bonds is 9. The van der Waals surface area contributed by atoms with Gasteiger partial charge in [0.2, 0.25) is 0 Å². The number of nitrogens with zero attached hydrogens (tertiary/aromatic N) is 2. The molecule has 0 unspecified atom stereocenters. The van der Waals surface area contributed by atoms with Crippen LogP contribution < -0.4 is 4.74 Å². The molecule has 4 rings (SSSR count). The summed E-state index contributed by atoms with van der Waals surface area (Å²) in [7, 11) is 0. The molecule has 5 nitrogen and oxygen atoms in total. The Morgan fingerprint density at radius 3 is 2.55 bits per heavy atom. The van der Waals surface area contributed by atoms with E-state index in [-0.39, 0.29) is 12.3 Å². The molecule has 3 aromatic carbocycles. The maximum atomic E-state index is 11.1. The van der Waals surface area contributed by atoms with Crippen molar-refractivity contribution < 1.29 is 14.6 Å². The largest absolute Gasteiger partial charge is 0.489 e. The number of carboxylic acid groups (broad SMARTS) is 1. The Balaban J connectivity index is 1.45. The molecule has 0 spiro atoms. The summed E-state index contributed by atoms with van der Waals surface area (Å²) in [5, 5.41) is 14.8. The van der Waals surface area contributed by atoms with E-state index in [1.165, 1.54) is 5.56 Å². The van der Waals surface area contributed by atoms with Crippen molar-refractivity contribution in [3.05, 3.63) is 107 Å². The van der Waals surface area contributed by atoms with Crippen molar-refractivity contribution in [1.29, 1.82) is 0 Å². The Labute approximate surface area is 193 Å². The van der Waals surface area contributed by atoms with Gasteiger partial charge >= 0.3 is 5.97 Å². The van der Waals surface area contributed by atoms with Crippen molar-refractivity contribution in [3.63, 3.8) is 0 Å². The number of hydrogen-bond donors (Lipinski definition) is 1. The summed E-state index contributed by atoms with van der Waals surface area (Å²) in [5.74, 6) is -0.193. The number of aromatic nitrogens is 2. The average Bonchev–Trinajstić information content (AvgIpc) is 3.21. The van der Waals surface area contributed by atoms with E-state index in [1.807, 2.05) is 72.4 Å². The number of carboxylic acids is 1. The van der Waals surface area contributed by atoms with E-state index >= 15 is 0 Å². The number of hydrogen-bond acceptors (Lipinski definition) is 3. The third-order valence-electron chi connectivity index (χ3n) is 5.69. The van der Waals surface area contributed by atoms with E-state index in [4.69, 9.17) is 9.84 Å². The number of carbonyl (C=O) groups is 1. The summed E-state index contributed by atoms with van der Waals surface area (Å²) < 4.78 is 8.06. The zero-order valence-electron chi connectivity index (χ0n) is 18.9. The minimum absolute atomic E-state index is 0.0712. The van der Waals surface area contributed by atoms with Gasteiger partial charge < -0.3 is 9.84 Å². The predicted octanol–water partition coefficient (Wildman–Crippen LogP) is 6.11. The standard InChI is InChI=1S/C28H28N2O3/c1-3-7-24(16-27(31)32)23-10-12-26(13-11-23)33-19-22-14-20(2)28-25(15-22)17-29-30(28)18-21-8-5-4-6-9-21/h3-15,17,24H,16,18-19H2,1-2H3,(H,31,32)/t24-/m1/s1.